The molecule has 0 atom stereocenters. The van der Waals surface area contributed by atoms with Crippen LogP contribution in [-0.2, 0) is 6.54 Å². The van der Waals surface area contributed by atoms with E-state index in [1.165, 1.54) is 0 Å². The molecule has 1 amide bonds. The van der Waals surface area contributed by atoms with Crippen LogP contribution in [0.5, 0.6) is 0 Å². The summed E-state index contributed by atoms with van der Waals surface area (Å²) in [4.78, 5) is 21.6. The van der Waals surface area contributed by atoms with Crippen LogP contribution in [0, 0.1) is 5.41 Å². The number of likely N-dealkylation sites (tertiary alicyclic amines) is 1. The molecule has 0 spiro atoms. The van der Waals surface area contributed by atoms with Crippen molar-refractivity contribution in [3.63, 3.8) is 0 Å². The molecular weight excluding hydrogens is 477 g/mol. The molecule has 1 heterocycles. The molecule has 2 N–H and O–H groups in total. The number of carbonyl (C=O) groups excluding carboxylic acids is 1. The predicted octanol–water partition coefficient (Wildman–Crippen LogP) is 3.18. The van der Waals surface area contributed by atoms with Gasteiger partial charge in [-0.1, -0.05) is 26.0 Å². The molecule has 29 heavy (non-hydrogen) atoms. The summed E-state index contributed by atoms with van der Waals surface area (Å²) >= 11 is 0. The zero-order chi connectivity index (χ0) is 20.9. The van der Waals surface area contributed by atoms with E-state index in [0.717, 1.165) is 31.2 Å². The largest absolute Gasteiger partial charge is 0.356 e. The van der Waals surface area contributed by atoms with Gasteiger partial charge in [0.15, 0.2) is 5.96 Å². The van der Waals surface area contributed by atoms with E-state index in [9.17, 15) is 4.79 Å². The third-order valence-corrected chi connectivity index (χ3v) is 5.92. The van der Waals surface area contributed by atoms with E-state index >= 15 is 0 Å². The molecule has 0 unspecified atom stereocenters. The molecule has 6 nitrogen and oxygen atoms in total. The molecule has 0 saturated carbocycles. The van der Waals surface area contributed by atoms with Crippen molar-refractivity contribution < 1.29 is 4.79 Å². The molecule has 1 saturated heterocycles. The van der Waals surface area contributed by atoms with E-state index in [4.69, 9.17) is 4.99 Å². The number of likely N-dealkylation sites (N-methyl/N-ethyl adjacent to an activating group) is 1. The van der Waals surface area contributed by atoms with Crippen molar-refractivity contribution in [3.8, 4) is 0 Å². The summed E-state index contributed by atoms with van der Waals surface area (Å²) in [6.45, 7) is 15.0. The molecule has 0 bridgehead atoms. The Morgan fingerprint density at radius 2 is 1.90 bits per heavy atom. The van der Waals surface area contributed by atoms with Gasteiger partial charge in [0.25, 0.3) is 5.91 Å². The molecule has 0 aromatic heterocycles. The monoisotopic (exact) mass is 515 g/mol. The third-order valence-electron chi connectivity index (χ3n) is 5.92. The number of rotatable bonds is 7. The van der Waals surface area contributed by atoms with Crippen molar-refractivity contribution in [2.45, 2.75) is 46.7 Å². The highest BCUT2D eigenvalue weighted by Crippen LogP contribution is 2.46. The van der Waals surface area contributed by atoms with Gasteiger partial charge in [0.05, 0.1) is 6.54 Å². The fraction of sp³-hybridized carbons (Fsp3) is 0.636. The van der Waals surface area contributed by atoms with E-state index in [1.54, 1.807) is 0 Å². The first-order chi connectivity index (χ1) is 13.1. The van der Waals surface area contributed by atoms with E-state index in [0.29, 0.717) is 18.7 Å². The van der Waals surface area contributed by atoms with Gasteiger partial charge >= 0.3 is 0 Å². The molecule has 1 aromatic carbocycles. The van der Waals surface area contributed by atoms with Crippen LogP contribution in [0.3, 0.4) is 0 Å². The number of guanidine groups is 1. The van der Waals surface area contributed by atoms with E-state index in [-0.39, 0.29) is 40.8 Å². The smallest absolute Gasteiger partial charge is 0.251 e. The second-order valence-electron chi connectivity index (χ2n) is 8.96. The Hall–Kier alpha value is -1.35. The molecular formula is C22H38IN5O. The van der Waals surface area contributed by atoms with Gasteiger partial charge in [-0.05, 0) is 52.6 Å². The Morgan fingerprint density at radius 1 is 1.21 bits per heavy atom. The highest BCUT2D eigenvalue weighted by atomic mass is 127. The highest BCUT2D eigenvalue weighted by molar-refractivity contribution is 14.0. The summed E-state index contributed by atoms with van der Waals surface area (Å²) < 4.78 is 0. The van der Waals surface area contributed by atoms with Crippen molar-refractivity contribution in [3.05, 3.63) is 35.4 Å². The van der Waals surface area contributed by atoms with Gasteiger partial charge in [-0.3, -0.25) is 4.79 Å². The topological polar surface area (TPSA) is 60.0 Å². The maximum absolute atomic E-state index is 12.4. The van der Waals surface area contributed by atoms with Crippen molar-refractivity contribution in [2.24, 2.45) is 10.4 Å². The minimum Gasteiger partial charge on any atom is -0.356 e. The average molecular weight is 515 g/mol. The predicted molar refractivity (Wildman–Crippen MR) is 132 cm³/mol. The maximum Gasteiger partial charge on any atom is 0.251 e. The standard InChI is InChI=1S/C22H37N5O.HI/c1-8-23-20(27-16-21(2,3)22(27,4)5)25-15-17-10-9-11-18(14-17)19(28)24-12-13-26(6)7;/h9-11,14H,8,12-13,15-16H2,1-7H3,(H,23,25)(H,24,28);1H. The summed E-state index contributed by atoms with van der Waals surface area (Å²) in [7, 11) is 3.99. The zero-order valence-electron chi connectivity index (χ0n) is 19.0. The van der Waals surface area contributed by atoms with Crippen LogP contribution in [-0.4, -0.2) is 67.5 Å². The van der Waals surface area contributed by atoms with Crippen LogP contribution in [0.15, 0.2) is 29.3 Å². The van der Waals surface area contributed by atoms with Crippen molar-refractivity contribution in [1.29, 1.82) is 0 Å². The van der Waals surface area contributed by atoms with E-state index in [1.807, 2.05) is 43.3 Å². The maximum atomic E-state index is 12.4. The van der Waals surface area contributed by atoms with Crippen molar-refractivity contribution in [2.75, 3.05) is 40.3 Å². The lowest BCUT2D eigenvalue weighted by Crippen LogP contribution is -2.72. The number of nitrogens with zero attached hydrogens (tertiary/aromatic N) is 3. The van der Waals surface area contributed by atoms with Crippen molar-refractivity contribution >= 4 is 35.8 Å². The number of nitrogens with one attached hydrogen (secondary N) is 2. The van der Waals surface area contributed by atoms with Gasteiger partial charge in [-0.15, -0.1) is 24.0 Å². The quantitative estimate of drug-likeness (QED) is 0.333. The molecule has 2 rings (SSSR count). The lowest BCUT2D eigenvalue weighted by atomic mass is 9.65. The first-order valence-electron chi connectivity index (χ1n) is 10.2. The lowest BCUT2D eigenvalue weighted by Gasteiger charge is -2.62. The summed E-state index contributed by atoms with van der Waals surface area (Å²) in [5, 5.41) is 6.38. The van der Waals surface area contributed by atoms with Gasteiger partial charge < -0.3 is 20.4 Å². The first kappa shape index (κ1) is 25.7. The number of hydrogen-bond acceptors (Lipinski definition) is 3. The fourth-order valence-electron chi connectivity index (χ4n) is 3.27. The van der Waals surface area contributed by atoms with E-state index < -0.39 is 0 Å². The summed E-state index contributed by atoms with van der Waals surface area (Å²) in [6.07, 6.45) is 0. The Balaban J connectivity index is 0.00000420. The Morgan fingerprint density at radius 3 is 2.45 bits per heavy atom. The number of halogens is 1. The average Bonchev–Trinajstić information content (AvgIpc) is 2.63. The summed E-state index contributed by atoms with van der Waals surface area (Å²) in [5.74, 6) is 0.901. The van der Waals surface area contributed by atoms with Crippen molar-refractivity contribution in [1.82, 2.24) is 20.4 Å². The van der Waals surface area contributed by atoms with Crippen LogP contribution in [0.1, 0.15) is 50.5 Å². The molecule has 1 aliphatic heterocycles. The van der Waals surface area contributed by atoms with Crippen LogP contribution in [0.4, 0.5) is 0 Å². The number of carbonyl (C=O) groups is 1. The van der Waals surface area contributed by atoms with E-state index in [2.05, 4.69) is 50.2 Å². The fourth-order valence-corrected chi connectivity index (χ4v) is 3.27. The molecule has 1 aliphatic rings. The van der Waals surface area contributed by atoms with Crippen LogP contribution in [0.2, 0.25) is 0 Å². The summed E-state index contributed by atoms with van der Waals surface area (Å²) in [5.41, 5.74) is 2.03. The van der Waals surface area contributed by atoms with Gasteiger partial charge in [-0.25, -0.2) is 4.99 Å². The zero-order valence-corrected chi connectivity index (χ0v) is 21.3. The van der Waals surface area contributed by atoms with Gasteiger partial charge in [0.2, 0.25) is 0 Å². The van der Waals surface area contributed by atoms with Crippen LogP contribution < -0.4 is 10.6 Å². The number of amides is 1. The SMILES string of the molecule is CCNC(=NCc1cccc(C(=O)NCCN(C)C)c1)N1CC(C)(C)C1(C)C.I. The second kappa shape index (κ2) is 10.6. The van der Waals surface area contributed by atoms with Crippen LogP contribution >= 0.6 is 24.0 Å². The number of benzene rings is 1. The van der Waals surface area contributed by atoms with Gasteiger partial charge in [-0.2, -0.15) is 0 Å². The highest BCUT2D eigenvalue weighted by Gasteiger charge is 2.53. The molecule has 164 valence electrons. The lowest BCUT2D eigenvalue weighted by molar-refractivity contribution is -0.0667. The minimum absolute atomic E-state index is 0. The number of hydrogen-bond donors (Lipinski definition) is 2. The molecule has 0 aliphatic carbocycles. The molecule has 0 radical (unpaired) electrons. The Labute approximate surface area is 193 Å². The first-order valence-corrected chi connectivity index (χ1v) is 10.2. The second-order valence-corrected chi connectivity index (χ2v) is 8.96. The third kappa shape index (κ3) is 6.31. The molecule has 1 aromatic rings. The normalized spacial score (nSPS) is 17.4. The molecule has 7 heteroatoms. The Kier molecular flexibility index (Phi) is 9.40. The summed E-state index contributed by atoms with van der Waals surface area (Å²) in [6, 6.07) is 7.73. The number of aliphatic imine (C=N–C) groups is 1. The Bertz CT molecular complexity index is 715. The van der Waals surface area contributed by atoms with Gasteiger partial charge in [0, 0.05) is 42.7 Å². The van der Waals surface area contributed by atoms with Gasteiger partial charge in [0.1, 0.15) is 0 Å². The molecule has 1 fully saturated rings. The minimum atomic E-state index is -0.0368. The van der Waals surface area contributed by atoms with Crippen LogP contribution in [0.25, 0.3) is 0 Å².